The third-order valence-corrected chi connectivity index (χ3v) is 5.38. The third kappa shape index (κ3) is 6.45. The van der Waals surface area contributed by atoms with Crippen LogP contribution in [0.15, 0.2) is 84.9 Å². The summed E-state index contributed by atoms with van der Waals surface area (Å²) >= 11 is 0. The van der Waals surface area contributed by atoms with Gasteiger partial charge < -0.3 is 14.2 Å². The van der Waals surface area contributed by atoms with Crippen molar-refractivity contribution in [2.24, 2.45) is 0 Å². The molecule has 166 valence electrons. The molecule has 0 aliphatic rings. The van der Waals surface area contributed by atoms with Crippen molar-refractivity contribution < 1.29 is 23.8 Å². The van der Waals surface area contributed by atoms with Gasteiger partial charge in [-0.1, -0.05) is 60.7 Å². The fourth-order valence-corrected chi connectivity index (χ4v) is 3.60. The van der Waals surface area contributed by atoms with Crippen LogP contribution in [0.3, 0.4) is 0 Å². The molecule has 2 unspecified atom stereocenters. The van der Waals surface area contributed by atoms with Gasteiger partial charge in [0.15, 0.2) is 0 Å². The number of carbonyl (C=O) groups is 2. The second kappa shape index (κ2) is 11.7. The smallest absolute Gasteiger partial charge is 0.338 e. The molecule has 0 fully saturated rings. The predicted octanol–water partition coefficient (Wildman–Crippen LogP) is 5.20. The lowest BCUT2D eigenvalue weighted by Crippen LogP contribution is -2.26. The molecule has 0 aliphatic heterocycles. The molecule has 0 aromatic heterocycles. The average molecular weight is 433 g/mol. The first-order valence-corrected chi connectivity index (χ1v) is 10.6. The summed E-state index contributed by atoms with van der Waals surface area (Å²) in [7, 11) is 3.01. The molecular weight excluding hydrogens is 404 g/mol. The largest absolute Gasteiger partial charge is 0.497 e. The molecule has 2 atom stereocenters. The van der Waals surface area contributed by atoms with Crippen LogP contribution in [0.4, 0.5) is 0 Å². The van der Waals surface area contributed by atoms with Gasteiger partial charge in [0, 0.05) is 6.42 Å². The zero-order valence-corrected chi connectivity index (χ0v) is 18.4. The minimum absolute atomic E-state index is 0.339. The Morgan fingerprint density at radius 1 is 0.812 bits per heavy atom. The summed E-state index contributed by atoms with van der Waals surface area (Å²) in [5.41, 5.74) is 2.42. The molecule has 5 nitrogen and oxygen atoms in total. The normalized spacial score (nSPS) is 12.4. The van der Waals surface area contributed by atoms with Crippen molar-refractivity contribution in [2.75, 3.05) is 14.2 Å². The Labute approximate surface area is 188 Å². The lowest BCUT2D eigenvalue weighted by atomic mass is 9.91. The van der Waals surface area contributed by atoms with Crippen LogP contribution in [-0.4, -0.2) is 32.3 Å². The Morgan fingerprint density at radius 3 is 2.03 bits per heavy atom. The molecule has 0 saturated heterocycles. The average Bonchev–Trinajstić information content (AvgIpc) is 2.86. The molecule has 0 radical (unpaired) electrons. The number of ether oxygens (including phenoxy) is 3. The van der Waals surface area contributed by atoms with Crippen molar-refractivity contribution in [3.8, 4) is 5.75 Å². The molecule has 0 aliphatic carbocycles. The number of carbonyl (C=O) groups excluding carboxylic acids is 2. The van der Waals surface area contributed by atoms with Crippen molar-refractivity contribution in [2.45, 2.75) is 31.3 Å². The van der Waals surface area contributed by atoms with Crippen LogP contribution in [0.25, 0.3) is 0 Å². The summed E-state index contributed by atoms with van der Waals surface area (Å²) in [5.74, 6) is -0.482. The first kappa shape index (κ1) is 23.1. The van der Waals surface area contributed by atoms with Crippen LogP contribution in [0.1, 0.15) is 40.2 Å². The van der Waals surface area contributed by atoms with E-state index >= 15 is 0 Å². The molecule has 3 aromatic carbocycles. The van der Waals surface area contributed by atoms with E-state index in [4.69, 9.17) is 14.2 Å². The number of rotatable bonds is 10. The van der Waals surface area contributed by atoms with E-state index in [0.29, 0.717) is 24.8 Å². The Hall–Kier alpha value is -3.60. The van der Waals surface area contributed by atoms with Gasteiger partial charge in [-0.2, -0.15) is 0 Å². The van der Waals surface area contributed by atoms with Gasteiger partial charge in [-0.15, -0.1) is 0 Å². The molecule has 0 saturated carbocycles. The minimum Gasteiger partial charge on any atom is -0.497 e. The van der Waals surface area contributed by atoms with E-state index in [1.807, 2.05) is 60.7 Å². The summed E-state index contributed by atoms with van der Waals surface area (Å²) in [6.07, 6.45) is 1.14. The molecule has 3 aromatic rings. The molecule has 0 bridgehead atoms. The number of methoxy groups -OCH3 is 2. The minimum atomic E-state index is -0.523. The summed E-state index contributed by atoms with van der Waals surface area (Å²) in [4.78, 5) is 25.3. The highest BCUT2D eigenvalue weighted by Gasteiger charge is 2.28. The van der Waals surface area contributed by atoms with E-state index in [-0.39, 0.29) is 5.97 Å². The Bertz CT molecular complexity index is 984. The first-order chi connectivity index (χ1) is 15.6. The Kier molecular flexibility index (Phi) is 8.44. The summed E-state index contributed by atoms with van der Waals surface area (Å²) in [6, 6.07) is 26.1. The number of esters is 2. The summed E-state index contributed by atoms with van der Waals surface area (Å²) in [6.45, 7) is 0. The van der Waals surface area contributed by atoms with Gasteiger partial charge in [0.05, 0.1) is 25.7 Å². The maximum Gasteiger partial charge on any atom is 0.338 e. The van der Waals surface area contributed by atoms with E-state index in [2.05, 4.69) is 0 Å². The molecule has 5 heteroatoms. The van der Waals surface area contributed by atoms with Gasteiger partial charge in [-0.3, -0.25) is 4.79 Å². The first-order valence-electron chi connectivity index (χ1n) is 10.6. The zero-order valence-electron chi connectivity index (χ0n) is 18.4. The van der Waals surface area contributed by atoms with Gasteiger partial charge in [0.1, 0.15) is 11.9 Å². The molecule has 0 spiro atoms. The van der Waals surface area contributed by atoms with Crippen molar-refractivity contribution in [1.82, 2.24) is 0 Å². The second-order valence-electron chi connectivity index (χ2n) is 7.50. The summed E-state index contributed by atoms with van der Waals surface area (Å²) < 4.78 is 16.1. The van der Waals surface area contributed by atoms with Gasteiger partial charge in [-0.25, -0.2) is 4.79 Å². The van der Waals surface area contributed by atoms with Crippen LogP contribution in [0.2, 0.25) is 0 Å². The Morgan fingerprint density at radius 2 is 1.44 bits per heavy atom. The van der Waals surface area contributed by atoms with Crippen molar-refractivity contribution in [1.29, 1.82) is 0 Å². The van der Waals surface area contributed by atoms with Gasteiger partial charge >= 0.3 is 11.9 Å². The molecular formula is C27H28O5. The monoisotopic (exact) mass is 432 g/mol. The van der Waals surface area contributed by atoms with Gasteiger partial charge in [-0.05, 0) is 48.2 Å². The van der Waals surface area contributed by atoms with Crippen LogP contribution in [-0.2, 0) is 20.7 Å². The Balaban J connectivity index is 1.78. The fraction of sp³-hybridized carbons (Fsp3) is 0.259. The zero-order chi connectivity index (χ0) is 22.8. The highest BCUT2D eigenvalue weighted by molar-refractivity contribution is 5.89. The molecule has 0 heterocycles. The molecule has 3 rings (SSSR count). The van der Waals surface area contributed by atoms with Crippen molar-refractivity contribution in [3.63, 3.8) is 0 Å². The van der Waals surface area contributed by atoms with Gasteiger partial charge in [0.2, 0.25) is 0 Å². The molecule has 32 heavy (non-hydrogen) atoms. The standard InChI is InChI=1S/C27H28O5/c1-30-23-16-13-20(14-17-23)15-18-24(32-26(28)22-11-7-4-8-12-22)19-25(27(29)31-2)21-9-5-3-6-10-21/h3-14,16-17,24-25H,15,18-19H2,1-2H3. The highest BCUT2D eigenvalue weighted by atomic mass is 16.5. The van der Waals surface area contributed by atoms with Crippen molar-refractivity contribution >= 4 is 11.9 Å². The molecule has 0 amide bonds. The third-order valence-electron chi connectivity index (χ3n) is 5.38. The van der Waals surface area contributed by atoms with E-state index < -0.39 is 18.0 Å². The van der Waals surface area contributed by atoms with Crippen LogP contribution in [0, 0.1) is 0 Å². The van der Waals surface area contributed by atoms with E-state index in [9.17, 15) is 9.59 Å². The number of hydrogen-bond donors (Lipinski definition) is 0. The van der Waals surface area contributed by atoms with Crippen LogP contribution < -0.4 is 4.74 Å². The van der Waals surface area contributed by atoms with E-state index in [1.54, 1.807) is 31.4 Å². The fourth-order valence-electron chi connectivity index (χ4n) is 3.60. The number of benzene rings is 3. The lowest BCUT2D eigenvalue weighted by molar-refractivity contribution is -0.143. The number of aryl methyl sites for hydroxylation is 1. The highest BCUT2D eigenvalue weighted by Crippen LogP contribution is 2.27. The quantitative estimate of drug-likeness (QED) is 0.412. The van der Waals surface area contributed by atoms with E-state index in [0.717, 1.165) is 16.9 Å². The van der Waals surface area contributed by atoms with Crippen LogP contribution in [0.5, 0.6) is 5.75 Å². The number of hydrogen-bond acceptors (Lipinski definition) is 5. The topological polar surface area (TPSA) is 61.8 Å². The molecule has 0 N–H and O–H groups in total. The van der Waals surface area contributed by atoms with E-state index in [1.165, 1.54) is 7.11 Å². The second-order valence-corrected chi connectivity index (χ2v) is 7.50. The lowest BCUT2D eigenvalue weighted by Gasteiger charge is -2.23. The van der Waals surface area contributed by atoms with Crippen LogP contribution >= 0.6 is 0 Å². The predicted molar refractivity (Wildman–Crippen MR) is 123 cm³/mol. The maximum atomic E-state index is 12.8. The summed E-state index contributed by atoms with van der Waals surface area (Å²) in [5, 5.41) is 0. The maximum absolute atomic E-state index is 12.8. The van der Waals surface area contributed by atoms with Crippen molar-refractivity contribution in [3.05, 3.63) is 102 Å². The van der Waals surface area contributed by atoms with Gasteiger partial charge in [0.25, 0.3) is 0 Å². The SMILES string of the molecule is COC(=O)C(CC(CCc1ccc(OC)cc1)OC(=O)c1ccccc1)c1ccccc1.